The smallest absolute Gasteiger partial charge is 0.0387 e. The molecule has 1 aliphatic rings. The molecule has 0 aromatic heterocycles. The standard InChI is InChI=1S/C17H22N2/c1-12-3-4-14-10-15(6-5-13(14)9-12)16(19-2)17(11-18)7-8-17/h3-6,9-10,16,19H,7-8,11,18H2,1-2H3. The highest BCUT2D eigenvalue weighted by atomic mass is 14.9. The van der Waals surface area contributed by atoms with Crippen molar-refractivity contribution in [1.29, 1.82) is 0 Å². The molecular formula is C17H22N2. The van der Waals surface area contributed by atoms with E-state index in [-0.39, 0.29) is 5.41 Å². The summed E-state index contributed by atoms with van der Waals surface area (Å²) in [5.74, 6) is 0. The average Bonchev–Trinajstić information content (AvgIpc) is 3.21. The molecule has 0 heterocycles. The minimum atomic E-state index is 0.285. The van der Waals surface area contributed by atoms with Crippen molar-refractivity contribution in [3.63, 3.8) is 0 Å². The van der Waals surface area contributed by atoms with E-state index in [4.69, 9.17) is 5.73 Å². The van der Waals surface area contributed by atoms with Gasteiger partial charge in [0.2, 0.25) is 0 Å². The van der Waals surface area contributed by atoms with E-state index in [1.165, 1.54) is 34.7 Å². The van der Waals surface area contributed by atoms with Crippen molar-refractivity contribution in [2.45, 2.75) is 25.8 Å². The maximum absolute atomic E-state index is 5.98. The van der Waals surface area contributed by atoms with E-state index in [0.717, 1.165) is 6.54 Å². The van der Waals surface area contributed by atoms with Gasteiger partial charge in [-0.3, -0.25) is 0 Å². The van der Waals surface area contributed by atoms with Crippen LogP contribution in [0.5, 0.6) is 0 Å². The highest BCUT2D eigenvalue weighted by Crippen LogP contribution is 2.54. The van der Waals surface area contributed by atoms with Gasteiger partial charge in [-0.2, -0.15) is 0 Å². The van der Waals surface area contributed by atoms with Gasteiger partial charge < -0.3 is 11.1 Å². The van der Waals surface area contributed by atoms with Crippen LogP contribution in [0, 0.1) is 12.3 Å². The Bertz CT molecular complexity index is 599. The lowest BCUT2D eigenvalue weighted by atomic mass is 9.89. The summed E-state index contributed by atoms with van der Waals surface area (Å²) in [6, 6.07) is 13.8. The number of hydrogen-bond donors (Lipinski definition) is 2. The second kappa shape index (κ2) is 4.62. The molecule has 3 rings (SSSR count). The molecule has 2 aromatic rings. The number of fused-ring (bicyclic) bond motifs is 1. The summed E-state index contributed by atoms with van der Waals surface area (Å²) in [7, 11) is 2.04. The zero-order valence-electron chi connectivity index (χ0n) is 11.7. The largest absolute Gasteiger partial charge is 0.330 e. The van der Waals surface area contributed by atoms with Crippen LogP contribution in [-0.4, -0.2) is 13.6 Å². The number of nitrogens with one attached hydrogen (secondary N) is 1. The van der Waals surface area contributed by atoms with Crippen LogP contribution in [0.25, 0.3) is 10.8 Å². The number of benzene rings is 2. The lowest BCUT2D eigenvalue weighted by molar-refractivity contribution is 0.367. The minimum Gasteiger partial charge on any atom is -0.330 e. The average molecular weight is 254 g/mol. The number of hydrogen-bond acceptors (Lipinski definition) is 2. The molecule has 1 fully saturated rings. The van der Waals surface area contributed by atoms with Gasteiger partial charge >= 0.3 is 0 Å². The summed E-state index contributed by atoms with van der Waals surface area (Å²) in [6.45, 7) is 2.90. The van der Waals surface area contributed by atoms with Crippen LogP contribution in [0.15, 0.2) is 36.4 Å². The maximum atomic E-state index is 5.98. The van der Waals surface area contributed by atoms with Crippen LogP contribution < -0.4 is 11.1 Å². The van der Waals surface area contributed by atoms with E-state index in [0.29, 0.717) is 6.04 Å². The van der Waals surface area contributed by atoms with Crippen molar-refractivity contribution < 1.29 is 0 Å². The van der Waals surface area contributed by atoms with Gasteiger partial charge in [-0.25, -0.2) is 0 Å². The Kier molecular flexibility index (Phi) is 3.08. The highest BCUT2D eigenvalue weighted by Gasteiger charge is 2.48. The minimum absolute atomic E-state index is 0.285. The first-order valence-electron chi connectivity index (χ1n) is 7.06. The molecule has 0 amide bonds. The SMILES string of the molecule is CNC(c1ccc2cc(C)ccc2c1)C1(CN)CC1. The van der Waals surface area contributed by atoms with Gasteiger partial charge in [0.1, 0.15) is 0 Å². The van der Waals surface area contributed by atoms with Crippen molar-refractivity contribution >= 4 is 10.8 Å². The normalized spacial score (nSPS) is 18.5. The summed E-state index contributed by atoms with van der Waals surface area (Å²) in [5.41, 5.74) is 8.93. The van der Waals surface area contributed by atoms with Crippen molar-refractivity contribution in [1.82, 2.24) is 5.32 Å². The molecule has 1 saturated carbocycles. The van der Waals surface area contributed by atoms with Gasteiger partial charge in [-0.15, -0.1) is 0 Å². The van der Waals surface area contributed by atoms with Gasteiger partial charge in [0.05, 0.1) is 0 Å². The molecule has 2 aromatic carbocycles. The van der Waals surface area contributed by atoms with E-state index in [1.54, 1.807) is 0 Å². The molecule has 0 bridgehead atoms. The number of rotatable bonds is 4. The zero-order valence-corrected chi connectivity index (χ0v) is 11.7. The third-order valence-electron chi connectivity index (χ3n) is 4.55. The first kappa shape index (κ1) is 12.6. The van der Waals surface area contributed by atoms with Crippen molar-refractivity contribution in [3.05, 3.63) is 47.5 Å². The molecule has 1 atom stereocenters. The molecule has 0 spiro atoms. The predicted octanol–water partition coefficient (Wildman–Crippen LogP) is 3.15. The topological polar surface area (TPSA) is 38.0 Å². The molecule has 1 aliphatic carbocycles. The fourth-order valence-electron chi connectivity index (χ4n) is 3.16. The summed E-state index contributed by atoms with van der Waals surface area (Å²) in [6.07, 6.45) is 2.47. The molecule has 2 nitrogen and oxygen atoms in total. The van der Waals surface area contributed by atoms with E-state index >= 15 is 0 Å². The monoisotopic (exact) mass is 254 g/mol. The molecule has 0 aliphatic heterocycles. The fourth-order valence-corrected chi connectivity index (χ4v) is 3.16. The molecule has 2 heteroatoms. The molecular weight excluding hydrogens is 232 g/mol. The van der Waals surface area contributed by atoms with E-state index in [9.17, 15) is 0 Å². The Morgan fingerprint density at radius 3 is 2.47 bits per heavy atom. The third-order valence-corrected chi connectivity index (χ3v) is 4.55. The van der Waals surface area contributed by atoms with Crippen LogP contribution >= 0.6 is 0 Å². The number of nitrogens with two attached hydrogens (primary N) is 1. The van der Waals surface area contributed by atoms with Gasteiger partial charge in [0.15, 0.2) is 0 Å². The molecule has 1 unspecified atom stereocenters. The lowest BCUT2D eigenvalue weighted by Crippen LogP contribution is -2.32. The van der Waals surface area contributed by atoms with Crippen LogP contribution in [0.4, 0.5) is 0 Å². The Labute approximate surface area is 115 Å². The molecule has 3 N–H and O–H groups in total. The second-order valence-electron chi connectivity index (χ2n) is 5.90. The summed E-state index contributed by atoms with van der Waals surface area (Å²) in [5, 5.41) is 6.10. The van der Waals surface area contributed by atoms with Gasteiger partial charge in [0.25, 0.3) is 0 Å². The Morgan fingerprint density at radius 2 is 1.84 bits per heavy atom. The first-order chi connectivity index (χ1) is 9.18. The molecule has 0 saturated heterocycles. The van der Waals surface area contributed by atoms with Crippen LogP contribution in [0.2, 0.25) is 0 Å². The Balaban J connectivity index is 2.02. The zero-order chi connectivity index (χ0) is 13.5. The van der Waals surface area contributed by atoms with Crippen molar-refractivity contribution in [3.8, 4) is 0 Å². The van der Waals surface area contributed by atoms with Gasteiger partial charge in [-0.1, -0.05) is 35.9 Å². The quantitative estimate of drug-likeness (QED) is 0.879. The summed E-state index contributed by atoms with van der Waals surface area (Å²) in [4.78, 5) is 0. The highest BCUT2D eigenvalue weighted by molar-refractivity contribution is 5.83. The van der Waals surface area contributed by atoms with E-state index < -0.39 is 0 Å². The molecule has 0 radical (unpaired) electrons. The molecule has 19 heavy (non-hydrogen) atoms. The Hall–Kier alpha value is -1.38. The van der Waals surface area contributed by atoms with Crippen LogP contribution in [0.3, 0.4) is 0 Å². The van der Waals surface area contributed by atoms with E-state index in [1.807, 2.05) is 7.05 Å². The lowest BCUT2D eigenvalue weighted by Gasteiger charge is -2.26. The maximum Gasteiger partial charge on any atom is 0.0387 e. The second-order valence-corrected chi connectivity index (χ2v) is 5.90. The fraction of sp³-hybridized carbons (Fsp3) is 0.412. The predicted molar refractivity (Wildman–Crippen MR) is 81.2 cm³/mol. The van der Waals surface area contributed by atoms with E-state index in [2.05, 4.69) is 48.6 Å². The third kappa shape index (κ3) is 2.15. The summed E-state index contributed by atoms with van der Waals surface area (Å²) >= 11 is 0. The summed E-state index contributed by atoms with van der Waals surface area (Å²) < 4.78 is 0. The molecule has 100 valence electrons. The first-order valence-corrected chi connectivity index (χ1v) is 7.06. The van der Waals surface area contributed by atoms with Crippen LogP contribution in [0.1, 0.15) is 30.0 Å². The Morgan fingerprint density at radius 1 is 1.16 bits per heavy atom. The van der Waals surface area contributed by atoms with Gasteiger partial charge in [-0.05, 0) is 55.8 Å². The number of aryl methyl sites for hydroxylation is 1. The van der Waals surface area contributed by atoms with Crippen molar-refractivity contribution in [2.24, 2.45) is 11.1 Å². The van der Waals surface area contributed by atoms with Crippen molar-refractivity contribution in [2.75, 3.05) is 13.6 Å². The van der Waals surface area contributed by atoms with Gasteiger partial charge in [0, 0.05) is 11.5 Å². The van der Waals surface area contributed by atoms with Crippen LogP contribution in [-0.2, 0) is 0 Å².